The van der Waals surface area contributed by atoms with Crippen LogP contribution in [0.1, 0.15) is 0 Å². The summed E-state index contributed by atoms with van der Waals surface area (Å²) < 4.78 is 0. The van der Waals surface area contributed by atoms with Gasteiger partial charge in [-0.3, -0.25) is 0 Å². The van der Waals surface area contributed by atoms with Crippen LogP contribution in [0, 0.1) is 12.3 Å². The first-order valence-corrected chi connectivity index (χ1v) is 4.14. The van der Waals surface area contributed by atoms with E-state index in [0.717, 1.165) is 0 Å². The molecule has 0 radical (unpaired) electrons. The molecule has 0 atom stereocenters. The van der Waals surface area contributed by atoms with Gasteiger partial charge in [0, 0.05) is 4.90 Å². The molecule has 0 saturated carbocycles. The molecule has 0 unspecified atom stereocenters. The number of rotatable bonds is 2. The lowest BCUT2D eigenvalue weighted by Crippen LogP contribution is -1.63. The number of allylic oxidation sites excluding steroid dienone is 1. The SMILES string of the molecule is C#C/C=C/Sc1ccccc1. The maximum atomic E-state index is 5.04. The second-order valence-corrected chi connectivity index (χ2v) is 2.88. The van der Waals surface area contributed by atoms with E-state index in [2.05, 4.69) is 5.92 Å². The summed E-state index contributed by atoms with van der Waals surface area (Å²) in [6.45, 7) is 0. The smallest absolute Gasteiger partial charge is 0.0116 e. The van der Waals surface area contributed by atoms with Crippen molar-refractivity contribution < 1.29 is 0 Å². The van der Waals surface area contributed by atoms with Gasteiger partial charge in [0.25, 0.3) is 0 Å². The molecule has 1 aromatic rings. The lowest BCUT2D eigenvalue weighted by molar-refractivity contribution is 1.47. The lowest BCUT2D eigenvalue weighted by atomic mass is 10.4. The minimum Gasteiger partial charge on any atom is -0.115 e. The molecular formula is C10H8S. The fourth-order valence-corrected chi connectivity index (χ4v) is 1.27. The maximum absolute atomic E-state index is 5.04. The summed E-state index contributed by atoms with van der Waals surface area (Å²) in [5.41, 5.74) is 0. The summed E-state index contributed by atoms with van der Waals surface area (Å²) in [7, 11) is 0. The quantitative estimate of drug-likeness (QED) is 0.473. The molecule has 1 heteroatoms. The van der Waals surface area contributed by atoms with Gasteiger partial charge in [-0.05, 0) is 23.6 Å². The van der Waals surface area contributed by atoms with Gasteiger partial charge in [0.05, 0.1) is 0 Å². The van der Waals surface area contributed by atoms with Gasteiger partial charge in [-0.25, -0.2) is 0 Å². The van der Waals surface area contributed by atoms with Crippen LogP contribution in [0.3, 0.4) is 0 Å². The van der Waals surface area contributed by atoms with Crippen LogP contribution in [0.25, 0.3) is 0 Å². The van der Waals surface area contributed by atoms with E-state index in [9.17, 15) is 0 Å². The highest BCUT2D eigenvalue weighted by atomic mass is 32.2. The van der Waals surface area contributed by atoms with Crippen LogP contribution in [0.4, 0.5) is 0 Å². The van der Waals surface area contributed by atoms with Crippen LogP contribution in [-0.2, 0) is 0 Å². The van der Waals surface area contributed by atoms with Crippen molar-refractivity contribution in [2.45, 2.75) is 4.90 Å². The van der Waals surface area contributed by atoms with Crippen molar-refractivity contribution >= 4 is 11.8 Å². The van der Waals surface area contributed by atoms with Gasteiger partial charge in [0.2, 0.25) is 0 Å². The molecule has 0 spiro atoms. The summed E-state index contributed by atoms with van der Waals surface area (Å²) in [4.78, 5) is 1.21. The highest BCUT2D eigenvalue weighted by molar-refractivity contribution is 8.02. The predicted molar refractivity (Wildman–Crippen MR) is 50.3 cm³/mol. The molecule has 1 rings (SSSR count). The van der Waals surface area contributed by atoms with Gasteiger partial charge in [0.1, 0.15) is 0 Å². The molecule has 0 saturated heterocycles. The number of benzene rings is 1. The Balaban J connectivity index is 2.53. The summed E-state index contributed by atoms with van der Waals surface area (Å²) in [6, 6.07) is 10.1. The first-order chi connectivity index (χ1) is 5.43. The summed E-state index contributed by atoms with van der Waals surface area (Å²) in [6.07, 6.45) is 6.73. The van der Waals surface area contributed by atoms with Crippen molar-refractivity contribution in [2.75, 3.05) is 0 Å². The molecule has 0 aliphatic rings. The van der Waals surface area contributed by atoms with E-state index < -0.39 is 0 Å². The van der Waals surface area contributed by atoms with Crippen LogP contribution >= 0.6 is 11.8 Å². The maximum Gasteiger partial charge on any atom is 0.0116 e. The van der Waals surface area contributed by atoms with E-state index in [-0.39, 0.29) is 0 Å². The van der Waals surface area contributed by atoms with Crippen LogP contribution in [0.2, 0.25) is 0 Å². The molecule has 54 valence electrons. The van der Waals surface area contributed by atoms with E-state index in [1.165, 1.54) is 4.90 Å². The van der Waals surface area contributed by atoms with Crippen molar-refractivity contribution in [1.29, 1.82) is 0 Å². The molecule has 0 N–H and O–H groups in total. The molecule has 0 amide bonds. The summed E-state index contributed by atoms with van der Waals surface area (Å²) >= 11 is 1.62. The minimum absolute atomic E-state index is 1.21. The van der Waals surface area contributed by atoms with Crippen molar-refractivity contribution in [3.8, 4) is 12.3 Å². The van der Waals surface area contributed by atoms with E-state index >= 15 is 0 Å². The second-order valence-electron chi connectivity index (χ2n) is 1.90. The average Bonchev–Trinajstić information content (AvgIpc) is 2.07. The van der Waals surface area contributed by atoms with E-state index in [1.54, 1.807) is 17.8 Å². The van der Waals surface area contributed by atoms with Gasteiger partial charge < -0.3 is 0 Å². The molecule has 0 aromatic heterocycles. The van der Waals surface area contributed by atoms with Gasteiger partial charge >= 0.3 is 0 Å². The second kappa shape index (κ2) is 4.65. The molecular weight excluding hydrogens is 152 g/mol. The molecule has 11 heavy (non-hydrogen) atoms. The fraction of sp³-hybridized carbons (Fsp3) is 0. The third-order valence-electron chi connectivity index (χ3n) is 1.11. The topological polar surface area (TPSA) is 0 Å². The zero-order valence-corrected chi connectivity index (χ0v) is 6.84. The highest BCUT2D eigenvalue weighted by Gasteiger charge is 1.84. The van der Waals surface area contributed by atoms with Crippen LogP contribution in [-0.4, -0.2) is 0 Å². The Labute approximate surface area is 71.3 Å². The predicted octanol–water partition coefficient (Wildman–Crippen LogP) is 2.93. The van der Waals surface area contributed by atoms with Crippen molar-refractivity contribution in [1.82, 2.24) is 0 Å². The van der Waals surface area contributed by atoms with Crippen molar-refractivity contribution in [3.05, 3.63) is 41.8 Å². The first-order valence-electron chi connectivity index (χ1n) is 3.26. The molecule has 0 aliphatic carbocycles. The number of terminal acetylenes is 1. The van der Waals surface area contributed by atoms with Gasteiger partial charge in [-0.15, -0.1) is 6.42 Å². The average molecular weight is 160 g/mol. The standard InChI is InChI=1S/C10H8S/c1-2-3-9-11-10-7-5-4-6-8-10/h1,3-9H/b9-3+. The Morgan fingerprint density at radius 3 is 2.64 bits per heavy atom. The first kappa shape index (κ1) is 7.97. The van der Waals surface area contributed by atoms with Crippen LogP contribution < -0.4 is 0 Å². The Bertz CT molecular complexity index is 267. The van der Waals surface area contributed by atoms with Crippen LogP contribution in [0.15, 0.2) is 46.7 Å². The number of hydrogen-bond acceptors (Lipinski definition) is 1. The molecule has 0 bridgehead atoms. The Morgan fingerprint density at radius 2 is 2.00 bits per heavy atom. The zero-order valence-electron chi connectivity index (χ0n) is 6.03. The Kier molecular flexibility index (Phi) is 3.37. The van der Waals surface area contributed by atoms with E-state index in [4.69, 9.17) is 6.42 Å². The summed E-state index contributed by atoms with van der Waals surface area (Å²) in [5.74, 6) is 2.44. The van der Waals surface area contributed by atoms with Crippen LogP contribution in [0.5, 0.6) is 0 Å². The lowest BCUT2D eigenvalue weighted by Gasteiger charge is -1.91. The van der Waals surface area contributed by atoms with E-state index in [0.29, 0.717) is 0 Å². The summed E-state index contributed by atoms with van der Waals surface area (Å²) in [5, 5.41) is 1.90. The Hall–Kier alpha value is -1.13. The van der Waals surface area contributed by atoms with E-state index in [1.807, 2.05) is 35.7 Å². The normalized spacial score (nSPS) is 9.73. The third-order valence-corrected chi connectivity index (χ3v) is 1.93. The third kappa shape index (κ3) is 2.97. The van der Waals surface area contributed by atoms with Crippen molar-refractivity contribution in [2.24, 2.45) is 0 Å². The van der Waals surface area contributed by atoms with Gasteiger partial charge in [0.15, 0.2) is 0 Å². The van der Waals surface area contributed by atoms with Gasteiger partial charge in [-0.2, -0.15) is 0 Å². The molecule has 0 fully saturated rings. The Morgan fingerprint density at radius 1 is 1.27 bits per heavy atom. The molecule has 0 nitrogen and oxygen atoms in total. The number of thioether (sulfide) groups is 1. The van der Waals surface area contributed by atoms with Crippen molar-refractivity contribution in [3.63, 3.8) is 0 Å². The zero-order chi connectivity index (χ0) is 7.94. The molecule has 1 aromatic carbocycles. The number of hydrogen-bond donors (Lipinski definition) is 0. The monoisotopic (exact) mass is 160 g/mol. The molecule has 0 aliphatic heterocycles. The highest BCUT2D eigenvalue weighted by Crippen LogP contribution is 2.17. The van der Waals surface area contributed by atoms with Gasteiger partial charge in [-0.1, -0.05) is 35.9 Å². The largest absolute Gasteiger partial charge is 0.115 e. The fourth-order valence-electron chi connectivity index (χ4n) is 0.651. The molecule has 0 heterocycles. The minimum atomic E-state index is 1.21.